The van der Waals surface area contributed by atoms with Gasteiger partial charge in [0, 0.05) is 24.7 Å². The van der Waals surface area contributed by atoms with Gasteiger partial charge in [-0.05, 0) is 30.3 Å². The Kier molecular flexibility index (Phi) is 7.09. The zero-order chi connectivity index (χ0) is 21.6. The van der Waals surface area contributed by atoms with Gasteiger partial charge in [-0.1, -0.05) is 18.2 Å². The van der Waals surface area contributed by atoms with Gasteiger partial charge in [0.2, 0.25) is 15.9 Å². The van der Waals surface area contributed by atoms with Gasteiger partial charge in [-0.15, -0.1) is 0 Å². The largest absolute Gasteiger partial charge is 0.496 e. The first-order chi connectivity index (χ1) is 14.5. The van der Waals surface area contributed by atoms with Crippen LogP contribution in [0.3, 0.4) is 0 Å². The highest BCUT2D eigenvalue weighted by Gasteiger charge is 2.27. The SMILES string of the molecule is COc1ccccc1/C=C/C(=O)Nc1cc(S(=O)(=O)N2CCOCC2)ccc1OC. The van der Waals surface area contributed by atoms with Crippen molar-refractivity contribution in [1.82, 2.24) is 4.31 Å². The number of hydrogen-bond acceptors (Lipinski definition) is 6. The Morgan fingerprint density at radius 3 is 2.47 bits per heavy atom. The van der Waals surface area contributed by atoms with Gasteiger partial charge in [0.25, 0.3) is 0 Å². The number of sulfonamides is 1. The van der Waals surface area contributed by atoms with Crippen LogP contribution >= 0.6 is 0 Å². The highest BCUT2D eigenvalue weighted by Crippen LogP contribution is 2.29. The number of morpholine rings is 1. The first-order valence-corrected chi connectivity index (χ1v) is 10.8. The maximum absolute atomic E-state index is 12.9. The third kappa shape index (κ3) is 4.99. The third-order valence-electron chi connectivity index (χ3n) is 4.59. The molecule has 0 unspecified atom stereocenters. The van der Waals surface area contributed by atoms with E-state index in [0.29, 0.717) is 24.7 Å². The molecule has 8 nitrogen and oxygen atoms in total. The van der Waals surface area contributed by atoms with Crippen LogP contribution in [-0.4, -0.2) is 59.2 Å². The number of para-hydroxylation sites is 1. The highest BCUT2D eigenvalue weighted by molar-refractivity contribution is 7.89. The Labute approximate surface area is 176 Å². The van der Waals surface area contributed by atoms with Crippen LogP contribution in [0.4, 0.5) is 5.69 Å². The molecule has 0 radical (unpaired) electrons. The zero-order valence-electron chi connectivity index (χ0n) is 16.8. The van der Waals surface area contributed by atoms with E-state index in [2.05, 4.69) is 5.32 Å². The van der Waals surface area contributed by atoms with Crippen LogP contribution in [0, 0.1) is 0 Å². The van der Waals surface area contributed by atoms with Crippen LogP contribution in [0.1, 0.15) is 5.56 Å². The van der Waals surface area contributed by atoms with Crippen molar-refractivity contribution in [1.29, 1.82) is 0 Å². The predicted molar refractivity (Wildman–Crippen MR) is 113 cm³/mol. The lowest BCUT2D eigenvalue weighted by atomic mass is 10.2. The fourth-order valence-corrected chi connectivity index (χ4v) is 4.46. The van der Waals surface area contributed by atoms with Crippen molar-refractivity contribution >= 4 is 27.7 Å². The van der Waals surface area contributed by atoms with E-state index in [1.165, 1.54) is 35.7 Å². The fourth-order valence-electron chi connectivity index (χ4n) is 3.03. The molecule has 1 amide bonds. The second-order valence-electron chi connectivity index (χ2n) is 6.44. The fraction of sp³-hybridized carbons (Fsp3) is 0.286. The summed E-state index contributed by atoms with van der Waals surface area (Å²) in [5.74, 6) is 0.563. The molecule has 2 aromatic rings. The number of ether oxygens (including phenoxy) is 3. The number of methoxy groups -OCH3 is 2. The quantitative estimate of drug-likeness (QED) is 0.675. The van der Waals surface area contributed by atoms with Crippen molar-refractivity contribution in [2.75, 3.05) is 45.8 Å². The van der Waals surface area contributed by atoms with Crippen LogP contribution in [0.25, 0.3) is 6.08 Å². The molecule has 0 aliphatic carbocycles. The van der Waals surface area contributed by atoms with Gasteiger partial charge in [0.1, 0.15) is 11.5 Å². The van der Waals surface area contributed by atoms with Gasteiger partial charge in [-0.25, -0.2) is 8.42 Å². The second-order valence-corrected chi connectivity index (χ2v) is 8.38. The average molecular weight is 432 g/mol. The molecular weight excluding hydrogens is 408 g/mol. The summed E-state index contributed by atoms with van der Waals surface area (Å²) >= 11 is 0. The van der Waals surface area contributed by atoms with Crippen LogP contribution in [0.15, 0.2) is 53.4 Å². The van der Waals surface area contributed by atoms with Crippen LogP contribution < -0.4 is 14.8 Å². The summed E-state index contributed by atoms with van der Waals surface area (Å²) in [6.45, 7) is 1.29. The topological polar surface area (TPSA) is 94.2 Å². The lowest BCUT2D eigenvalue weighted by Gasteiger charge is -2.26. The van der Waals surface area contributed by atoms with Gasteiger partial charge >= 0.3 is 0 Å². The van der Waals surface area contributed by atoms with Crippen LogP contribution in [-0.2, 0) is 19.6 Å². The van der Waals surface area contributed by atoms with Gasteiger partial charge in [0.15, 0.2) is 0 Å². The molecule has 1 heterocycles. The minimum atomic E-state index is -3.70. The predicted octanol–water partition coefficient (Wildman–Crippen LogP) is 2.38. The van der Waals surface area contributed by atoms with E-state index in [1.54, 1.807) is 19.3 Å². The summed E-state index contributed by atoms with van der Waals surface area (Å²) in [5, 5.41) is 2.69. The first kappa shape index (κ1) is 21.8. The minimum Gasteiger partial charge on any atom is -0.496 e. The van der Waals surface area contributed by atoms with Crippen molar-refractivity contribution in [2.24, 2.45) is 0 Å². The maximum Gasteiger partial charge on any atom is 0.248 e. The van der Waals surface area contributed by atoms with E-state index in [0.717, 1.165) is 5.56 Å². The molecule has 1 fully saturated rings. The summed E-state index contributed by atoms with van der Waals surface area (Å²) < 4.78 is 42.9. The molecule has 3 rings (SSSR count). The number of hydrogen-bond donors (Lipinski definition) is 1. The maximum atomic E-state index is 12.9. The molecule has 2 aromatic carbocycles. The Hall–Kier alpha value is -2.88. The average Bonchev–Trinajstić information content (AvgIpc) is 2.78. The molecule has 9 heteroatoms. The summed E-state index contributed by atoms with van der Waals surface area (Å²) in [4.78, 5) is 12.5. The van der Waals surface area contributed by atoms with Gasteiger partial charge in [-0.3, -0.25) is 4.79 Å². The van der Waals surface area contributed by atoms with E-state index in [9.17, 15) is 13.2 Å². The molecule has 160 valence electrons. The number of nitrogens with one attached hydrogen (secondary N) is 1. The standard InChI is InChI=1S/C21H24N2O6S/c1-27-19-6-4-3-5-16(19)7-10-21(24)22-18-15-17(8-9-20(18)28-2)30(25,26)23-11-13-29-14-12-23/h3-10,15H,11-14H2,1-2H3,(H,22,24)/b10-7+. The van der Waals surface area contributed by atoms with Gasteiger partial charge in [0.05, 0.1) is 38.0 Å². The molecule has 1 aliphatic rings. The third-order valence-corrected chi connectivity index (χ3v) is 6.48. The smallest absolute Gasteiger partial charge is 0.248 e. The number of carbonyl (C=O) groups excluding carboxylic acids is 1. The van der Waals surface area contributed by atoms with Gasteiger partial charge in [-0.2, -0.15) is 4.31 Å². The highest BCUT2D eigenvalue weighted by atomic mass is 32.2. The molecule has 1 aliphatic heterocycles. The lowest BCUT2D eigenvalue weighted by Crippen LogP contribution is -2.40. The van der Waals surface area contributed by atoms with E-state index >= 15 is 0 Å². The molecule has 30 heavy (non-hydrogen) atoms. The molecule has 0 bridgehead atoms. The monoisotopic (exact) mass is 432 g/mol. The lowest BCUT2D eigenvalue weighted by molar-refractivity contribution is -0.111. The van der Waals surface area contributed by atoms with Crippen molar-refractivity contribution in [3.05, 3.63) is 54.1 Å². The number of benzene rings is 2. The Balaban J connectivity index is 1.81. The Bertz CT molecular complexity index is 1030. The van der Waals surface area contributed by atoms with E-state index in [1.807, 2.05) is 18.2 Å². The number of amides is 1. The van der Waals surface area contributed by atoms with E-state index < -0.39 is 15.9 Å². The molecule has 0 spiro atoms. The summed E-state index contributed by atoms with van der Waals surface area (Å²) in [6.07, 6.45) is 2.97. The van der Waals surface area contributed by atoms with Crippen molar-refractivity contribution in [3.63, 3.8) is 0 Å². The molecule has 1 saturated heterocycles. The first-order valence-electron chi connectivity index (χ1n) is 9.33. The van der Waals surface area contributed by atoms with Crippen LogP contribution in [0.2, 0.25) is 0 Å². The number of anilines is 1. The number of rotatable bonds is 7. The minimum absolute atomic E-state index is 0.0780. The molecule has 0 aromatic heterocycles. The molecule has 0 atom stereocenters. The number of nitrogens with zero attached hydrogens (tertiary/aromatic N) is 1. The van der Waals surface area contributed by atoms with Crippen molar-refractivity contribution < 1.29 is 27.4 Å². The van der Waals surface area contributed by atoms with Gasteiger partial charge < -0.3 is 19.5 Å². The number of carbonyl (C=O) groups is 1. The summed E-state index contributed by atoms with van der Waals surface area (Å²) in [7, 11) is -0.694. The zero-order valence-corrected chi connectivity index (χ0v) is 17.6. The Morgan fingerprint density at radius 2 is 1.77 bits per heavy atom. The second kappa shape index (κ2) is 9.75. The molecule has 0 saturated carbocycles. The van der Waals surface area contributed by atoms with E-state index in [4.69, 9.17) is 14.2 Å². The van der Waals surface area contributed by atoms with E-state index in [-0.39, 0.29) is 23.7 Å². The molecule has 1 N–H and O–H groups in total. The van der Waals surface area contributed by atoms with Crippen molar-refractivity contribution in [3.8, 4) is 11.5 Å². The summed E-state index contributed by atoms with van der Waals surface area (Å²) in [5.41, 5.74) is 1.01. The van der Waals surface area contributed by atoms with Crippen molar-refractivity contribution in [2.45, 2.75) is 4.90 Å². The summed E-state index contributed by atoms with van der Waals surface area (Å²) in [6, 6.07) is 11.7. The van der Waals surface area contributed by atoms with Crippen LogP contribution in [0.5, 0.6) is 11.5 Å². The Morgan fingerprint density at radius 1 is 1.07 bits per heavy atom. The molecular formula is C21H24N2O6S. The normalized spacial score (nSPS) is 15.1.